The van der Waals surface area contributed by atoms with Crippen molar-refractivity contribution in [2.24, 2.45) is 0 Å². The predicted octanol–water partition coefficient (Wildman–Crippen LogP) is 7.31. The zero-order chi connectivity index (χ0) is 25.8. The second kappa shape index (κ2) is 9.02. The van der Waals surface area contributed by atoms with Crippen molar-refractivity contribution in [3.05, 3.63) is 70.4 Å². The van der Waals surface area contributed by atoms with Gasteiger partial charge in [-0.05, 0) is 88.4 Å². The first kappa shape index (κ1) is 24.5. The molecule has 6 nitrogen and oxygen atoms in total. The lowest BCUT2D eigenvalue weighted by Crippen LogP contribution is -2.28. The van der Waals surface area contributed by atoms with E-state index in [4.69, 9.17) is 26.3 Å². The number of fused-ring (bicyclic) bond motifs is 1. The van der Waals surface area contributed by atoms with E-state index < -0.39 is 17.7 Å². The Kier molecular flexibility index (Phi) is 6.13. The molecule has 1 saturated carbocycles. The summed E-state index contributed by atoms with van der Waals surface area (Å²) in [5.41, 5.74) is 5.76. The maximum absolute atomic E-state index is 12.5. The number of hydrogen-bond acceptors (Lipinski definition) is 4. The summed E-state index contributed by atoms with van der Waals surface area (Å²) in [7, 11) is 0. The van der Waals surface area contributed by atoms with Gasteiger partial charge in [0.05, 0.1) is 16.6 Å². The van der Waals surface area contributed by atoms with E-state index in [2.05, 4.69) is 10.6 Å². The molecule has 1 aliphatic carbocycles. The van der Waals surface area contributed by atoms with Crippen LogP contribution in [0, 0.1) is 13.8 Å². The summed E-state index contributed by atoms with van der Waals surface area (Å²) in [4.78, 5) is 22.5. The summed E-state index contributed by atoms with van der Waals surface area (Å²) in [5, 5.41) is 10.8. The fraction of sp³-hybridized carbons (Fsp3) is 0.345. The van der Waals surface area contributed by atoms with Gasteiger partial charge in [0, 0.05) is 22.3 Å². The van der Waals surface area contributed by atoms with Crippen molar-refractivity contribution < 1.29 is 14.6 Å². The first-order valence-electron chi connectivity index (χ1n) is 12.2. The third-order valence-corrected chi connectivity index (χ3v) is 6.73. The number of hydrogen-bond donors (Lipinski definition) is 1. The number of aryl methyl sites for hydroxylation is 1. The Morgan fingerprint density at radius 1 is 1.08 bits per heavy atom. The number of ether oxygens (including phenoxy) is 1. The van der Waals surface area contributed by atoms with E-state index in [1.165, 1.54) is 0 Å². The number of nitrogens with zero attached hydrogens (tertiary/aromatic N) is 3. The molecule has 0 spiro atoms. The smallest absolute Gasteiger partial charge is 0.337 e. The van der Waals surface area contributed by atoms with Gasteiger partial charge in [0.15, 0.2) is 11.9 Å². The minimum absolute atomic E-state index is 0.392. The summed E-state index contributed by atoms with van der Waals surface area (Å²) in [6.07, 6.45) is 1.03. The van der Waals surface area contributed by atoms with Crippen molar-refractivity contribution in [2.45, 2.75) is 65.2 Å². The summed E-state index contributed by atoms with van der Waals surface area (Å²) in [5.74, 6) is -0.243. The molecule has 0 aliphatic heterocycles. The minimum Gasteiger partial charge on any atom is -0.479 e. The van der Waals surface area contributed by atoms with Gasteiger partial charge in [-0.3, -0.25) is 0 Å². The highest BCUT2D eigenvalue weighted by Gasteiger charge is 2.35. The third-order valence-electron chi connectivity index (χ3n) is 6.48. The highest BCUT2D eigenvalue weighted by molar-refractivity contribution is 6.30. The van der Waals surface area contributed by atoms with Gasteiger partial charge in [-0.2, -0.15) is 0 Å². The van der Waals surface area contributed by atoms with Crippen molar-refractivity contribution in [3.8, 4) is 22.6 Å². The van der Waals surface area contributed by atoms with Gasteiger partial charge in [-0.25, -0.2) is 14.8 Å². The van der Waals surface area contributed by atoms with E-state index in [1.54, 1.807) is 0 Å². The molecule has 0 amide bonds. The number of carboxylic acid groups (broad SMARTS) is 1. The van der Waals surface area contributed by atoms with E-state index >= 15 is 0 Å². The Bertz CT molecular complexity index is 1460. The summed E-state index contributed by atoms with van der Waals surface area (Å²) >= 11 is 6.20. The molecule has 1 atom stereocenters. The second-order valence-corrected chi connectivity index (χ2v) is 10.9. The zero-order valence-electron chi connectivity index (χ0n) is 21.2. The SMILES string of the molecule is Cc1nc(-c2nc3ccccc3n2C2CC2)c(C)c(-c2ccc(Cl)cc2)c1[C@H](OC(C)(C)C)C(=O)O. The number of carbonyl (C=O) groups is 1. The largest absolute Gasteiger partial charge is 0.479 e. The van der Waals surface area contributed by atoms with Gasteiger partial charge in [0.2, 0.25) is 0 Å². The van der Waals surface area contributed by atoms with Crippen LogP contribution in [0.25, 0.3) is 33.7 Å². The first-order valence-corrected chi connectivity index (χ1v) is 12.6. The molecule has 186 valence electrons. The molecule has 1 fully saturated rings. The highest BCUT2D eigenvalue weighted by atomic mass is 35.5. The molecule has 2 heterocycles. The molecular weight excluding hydrogens is 474 g/mol. The van der Waals surface area contributed by atoms with Crippen LogP contribution in [0.1, 0.15) is 62.6 Å². The van der Waals surface area contributed by atoms with Crippen molar-refractivity contribution >= 4 is 28.6 Å². The monoisotopic (exact) mass is 503 g/mol. The zero-order valence-corrected chi connectivity index (χ0v) is 21.9. The van der Waals surface area contributed by atoms with Crippen LogP contribution in [0.3, 0.4) is 0 Å². The first-order chi connectivity index (χ1) is 17.0. The summed E-state index contributed by atoms with van der Waals surface area (Å²) in [6, 6.07) is 16.0. The van der Waals surface area contributed by atoms with Crippen molar-refractivity contribution in [2.75, 3.05) is 0 Å². The predicted molar refractivity (Wildman–Crippen MR) is 142 cm³/mol. The van der Waals surface area contributed by atoms with Gasteiger partial charge < -0.3 is 14.4 Å². The number of rotatable bonds is 6. The van der Waals surface area contributed by atoms with E-state index in [0.29, 0.717) is 22.3 Å². The van der Waals surface area contributed by atoms with Crippen LogP contribution in [0.4, 0.5) is 0 Å². The number of aromatic nitrogens is 3. The van der Waals surface area contributed by atoms with Crippen LogP contribution in [-0.4, -0.2) is 31.2 Å². The molecule has 5 rings (SSSR count). The number of benzene rings is 2. The van der Waals surface area contributed by atoms with E-state index in [-0.39, 0.29) is 0 Å². The number of halogens is 1. The van der Waals surface area contributed by atoms with E-state index in [9.17, 15) is 9.90 Å². The number of imidazole rings is 1. The molecule has 0 saturated heterocycles. The van der Waals surface area contributed by atoms with Gasteiger partial charge in [-0.15, -0.1) is 0 Å². The van der Waals surface area contributed by atoms with Crippen molar-refractivity contribution in [3.63, 3.8) is 0 Å². The second-order valence-electron chi connectivity index (χ2n) is 10.4. The Balaban J connectivity index is 1.81. The fourth-order valence-corrected chi connectivity index (χ4v) is 4.97. The quantitative estimate of drug-likeness (QED) is 0.298. The van der Waals surface area contributed by atoms with Crippen molar-refractivity contribution in [1.82, 2.24) is 14.5 Å². The molecule has 4 aromatic rings. The standard InChI is InChI=1S/C29H30ClN3O3/c1-16-23(18-10-12-19(30)13-11-18)24(26(28(34)35)36-29(3,4)5)17(2)31-25(16)27-32-21-8-6-7-9-22(21)33(27)20-14-15-20/h6-13,20,26H,14-15H2,1-5H3,(H,34,35)/t26-/m0/s1. The van der Waals surface area contributed by atoms with E-state index in [0.717, 1.165) is 52.1 Å². The van der Waals surface area contributed by atoms with E-state index in [1.807, 2.05) is 77.1 Å². The minimum atomic E-state index is -1.18. The molecule has 0 bridgehead atoms. The van der Waals surface area contributed by atoms with Crippen LogP contribution in [-0.2, 0) is 9.53 Å². The molecule has 1 aliphatic rings. The maximum Gasteiger partial charge on any atom is 0.337 e. The lowest BCUT2D eigenvalue weighted by Gasteiger charge is -2.28. The highest BCUT2D eigenvalue weighted by Crippen LogP contribution is 2.44. The number of aliphatic carboxylic acids is 1. The van der Waals surface area contributed by atoms with Crippen molar-refractivity contribution in [1.29, 1.82) is 0 Å². The number of pyridine rings is 1. The molecule has 0 radical (unpaired) electrons. The normalized spacial score (nSPS) is 14.8. The molecule has 7 heteroatoms. The number of para-hydroxylation sites is 2. The molecular formula is C29H30ClN3O3. The average molecular weight is 504 g/mol. The Morgan fingerprint density at radius 2 is 1.75 bits per heavy atom. The molecule has 36 heavy (non-hydrogen) atoms. The fourth-order valence-electron chi connectivity index (χ4n) is 4.84. The van der Waals surface area contributed by atoms with Gasteiger partial charge in [0.1, 0.15) is 5.69 Å². The van der Waals surface area contributed by atoms with Crippen LogP contribution < -0.4 is 0 Å². The maximum atomic E-state index is 12.5. The Labute approximate surface area is 215 Å². The Morgan fingerprint density at radius 3 is 2.36 bits per heavy atom. The number of carboxylic acids is 1. The van der Waals surface area contributed by atoms with Crippen LogP contribution in [0.5, 0.6) is 0 Å². The Hall–Kier alpha value is -3.22. The lowest BCUT2D eigenvalue weighted by atomic mass is 9.89. The summed E-state index contributed by atoms with van der Waals surface area (Å²) in [6.45, 7) is 9.40. The molecule has 2 aromatic heterocycles. The van der Waals surface area contributed by atoms with Crippen LogP contribution in [0.2, 0.25) is 5.02 Å². The molecule has 2 aromatic carbocycles. The van der Waals surface area contributed by atoms with Gasteiger partial charge in [0.25, 0.3) is 0 Å². The van der Waals surface area contributed by atoms with Gasteiger partial charge in [-0.1, -0.05) is 35.9 Å². The molecule has 0 unspecified atom stereocenters. The van der Waals surface area contributed by atoms with Gasteiger partial charge >= 0.3 is 5.97 Å². The average Bonchev–Trinajstić information content (AvgIpc) is 3.58. The summed E-state index contributed by atoms with van der Waals surface area (Å²) < 4.78 is 8.37. The van der Waals surface area contributed by atoms with Crippen LogP contribution >= 0.6 is 11.6 Å². The topological polar surface area (TPSA) is 77.2 Å². The molecule has 1 N–H and O–H groups in total. The third kappa shape index (κ3) is 4.51. The lowest BCUT2D eigenvalue weighted by molar-refractivity contribution is -0.160. The van der Waals surface area contributed by atoms with Crippen LogP contribution in [0.15, 0.2) is 48.5 Å².